The van der Waals surface area contributed by atoms with Gasteiger partial charge in [-0.15, -0.1) is 0 Å². The number of rotatable bonds is 2. The van der Waals surface area contributed by atoms with Crippen molar-refractivity contribution in [3.05, 3.63) is 121 Å². The molecule has 6 aromatic carbocycles. The van der Waals surface area contributed by atoms with Crippen molar-refractivity contribution in [1.82, 2.24) is 0 Å². The van der Waals surface area contributed by atoms with Crippen molar-refractivity contribution in [3.8, 4) is 44.9 Å². The lowest BCUT2D eigenvalue weighted by molar-refractivity contribution is 0.487. The molecule has 0 aromatic heterocycles. The zero-order valence-electron chi connectivity index (χ0n) is 18.0. The largest absolute Gasteiger partial charge is 0.456 e. The predicted octanol–water partition coefficient (Wildman–Crippen LogP) is 9.10. The molecule has 1 nitrogen and oxygen atoms in total. The molecule has 0 aliphatic carbocycles. The van der Waals surface area contributed by atoms with Gasteiger partial charge in [-0.3, -0.25) is 0 Å². The molecule has 1 aliphatic heterocycles. The van der Waals surface area contributed by atoms with E-state index in [4.69, 9.17) is 4.74 Å². The summed E-state index contributed by atoms with van der Waals surface area (Å²) in [5.74, 6) is 1.84. The van der Waals surface area contributed by atoms with E-state index in [2.05, 4.69) is 121 Å². The van der Waals surface area contributed by atoms with Crippen molar-refractivity contribution in [2.45, 2.75) is 0 Å². The maximum absolute atomic E-state index is 6.28. The third kappa shape index (κ3) is 2.86. The van der Waals surface area contributed by atoms with Gasteiger partial charge in [-0.1, -0.05) is 97.1 Å². The lowest BCUT2D eigenvalue weighted by Crippen LogP contribution is -1.97. The zero-order valence-corrected chi connectivity index (χ0v) is 18.0. The summed E-state index contributed by atoms with van der Waals surface area (Å²) in [6.45, 7) is 0. The summed E-state index contributed by atoms with van der Waals surface area (Å²) >= 11 is 0. The molecule has 6 aromatic rings. The molecular formula is C32H20O. The Hall–Kier alpha value is -4.36. The summed E-state index contributed by atoms with van der Waals surface area (Å²) in [5, 5.41) is 4.94. The summed E-state index contributed by atoms with van der Waals surface area (Å²) in [6.07, 6.45) is 0. The van der Waals surface area contributed by atoms with E-state index in [1.807, 2.05) is 0 Å². The molecule has 0 bridgehead atoms. The van der Waals surface area contributed by atoms with Crippen molar-refractivity contribution in [1.29, 1.82) is 0 Å². The Morgan fingerprint density at radius 1 is 0.394 bits per heavy atom. The fourth-order valence-corrected chi connectivity index (χ4v) is 5.09. The van der Waals surface area contributed by atoms with Crippen LogP contribution in [0, 0.1) is 0 Å². The molecule has 7 rings (SSSR count). The molecule has 0 saturated carbocycles. The van der Waals surface area contributed by atoms with Crippen LogP contribution in [0.5, 0.6) is 11.5 Å². The Morgan fingerprint density at radius 2 is 1.09 bits per heavy atom. The van der Waals surface area contributed by atoms with Gasteiger partial charge in [0.1, 0.15) is 11.5 Å². The second-order valence-electron chi connectivity index (χ2n) is 8.58. The molecule has 0 spiro atoms. The quantitative estimate of drug-likeness (QED) is 0.271. The Balaban J connectivity index is 1.38. The van der Waals surface area contributed by atoms with E-state index in [0.29, 0.717) is 0 Å². The molecule has 33 heavy (non-hydrogen) atoms. The van der Waals surface area contributed by atoms with E-state index in [1.54, 1.807) is 0 Å². The van der Waals surface area contributed by atoms with Gasteiger partial charge in [-0.05, 0) is 68.2 Å². The Labute approximate surface area is 192 Å². The molecule has 154 valence electrons. The van der Waals surface area contributed by atoms with Gasteiger partial charge in [-0.25, -0.2) is 0 Å². The van der Waals surface area contributed by atoms with E-state index in [0.717, 1.165) is 17.1 Å². The maximum Gasteiger partial charge on any atom is 0.135 e. The highest BCUT2D eigenvalue weighted by Crippen LogP contribution is 2.47. The van der Waals surface area contributed by atoms with Crippen LogP contribution in [-0.4, -0.2) is 0 Å². The standard InChI is InChI=1S/C32H20O/c1-2-13-26-21(7-1)8-4-14-27(26)25-12-3-11-23(19-25)24-17-18-30-29(20-24)28-15-5-9-22-10-6-16-31(33-30)32(22)28/h1-20H. The van der Waals surface area contributed by atoms with Gasteiger partial charge in [0.25, 0.3) is 0 Å². The van der Waals surface area contributed by atoms with Crippen LogP contribution in [0.3, 0.4) is 0 Å². The van der Waals surface area contributed by atoms with Crippen LogP contribution in [0.15, 0.2) is 121 Å². The molecule has 1 heteroatoms. The van der Waals surface area contributed by atoms with Crippen molar-refractivity contribution >= 4 is 21.5 Å². The predicted molar refractivity (Wildman–Crippen MR) is 138 cm³/mol. The summed E-state index contributed by atoms with van der Waals surface area (Å²) in [7, 11) is 0. The van der Waals surface area contributed by atoms with E-state index >= 15 is 0 Å². The number of ether oxygens (including phenoxy) is 1. The first-order valence-corrected chi connectivity index (χ1v) is 11.3. The average molecular weight is 421 g/mol. The third-order valence-electron chi connectivity index (χ3n) is 6.65. The molecule has 0 N–H and O–H groups in total. The summed E-state index contributed by atoms with van der Waals surface area (Å²) in [4.78, 5) is 0. The summed E-state index contributed by atoms with van der Waals surface area (Å²) in [6, 6.07) is 43.2. The lowest BCUT2D eigenvalue weighted by atomic mass is 9.91. The Bertz CT molecular complexity index is 1680. The van der Waals surface area contributed by atoms with Crippen LogP contribution in [0.25, 0.3) is 54.9 Å². The minimum absolute atomic E-state index is 0.912. The van der Waals surface area contributed by atoms with Crippen molar-refractivity contribution in [3.63, 3.8) is 0 Å². The minimum Gasteiger partial charge on any atom is -0.456 e. The number of fused-ring (bicyclic) bond motifs is 3. The van der Waals surface area contributed by atoms with E-state index in [-0.39, 0.29) is 0 Å². The normalized spacial score (nSPS) is 11.9. The highest BCUT2D eigenvalue weighted by molar-refractivity contribution is 6.04. The van der Waals surface area contributed by atoms with Crippen LogP contribution in [0.2, 0.25) is 0 Å². The van der Waals surface area contributed by atoms with Gasteiger partial charge in [0.15, 0.2) is 0 Å². The molecule has 0 saturated heterocycles. The summed E-state index contributed by atoms with van der Waals surface area (Å²) < 4.78 is 6.28. The van der Waals surface area contributed by atoms with Crippen molar-refractivity contribution in [2.75, 3.05) is 0 Å². The lowest BCUT2D eigenvalue weighted by Gasteiger charge is -2.22. The second kappa shape index (κ2) is 7.08. The van der Waals surface area contributed by atoms with Gasteiger partial charge in [0.2, 0.25) is 0 Å². The first-order valence-electron chi connectivity index (χ1n) is 11.3. The second-order valence-corrected chi connectivity index (χ2v) is 8.58. The first kappa shape index (κ1) is 18.2. The van der Waals surface area contributed by atoms with Gasteiger partial charge in [0, 0.05) is 10.9 Å². The fraction of sp³-hybridized carbons (Fsp3) is 0. The number of hydrogen-bond acceptors (Lipinski definition) is 1. The Morgan fingerprint density at radius 3 is 2.03 bits per heavy atom. The van der Waals surface area contributed by atoms with Crippen LogP contribution in [0.4, 0.5) is 0 Å². The Kier molecular flexibility index (Phi) is 3.91. The average Bonchev–Trinajstić information content (AvgIpc) is 2.89. The molecular weight excluding hydrogens is 400 g/mol. The van der Waals surface area contributed by atoms with Gasteiger partial charge >= 0.3 is 0 Å². The van der Waals surface area contributed by atoms with E-state index < -0.39 is 0 Å². The van der Waals surface area contributed by atoms with Crippen molar-refractivity contribution in [2.24, 2.45) is 0 Å². The van der Waals surface area contributed by atoms with E-state index in [9.17, 15) is 0 Å². The fourth-order valence-electron chi connectivity index (χ4n) is 5.09. The SMILES string of the molecule is c1cc(-c2ccc3c(c2)-c2cccc4cccc(c24)O3)cc(-c2cccc3ccccc23)c1. The highest BCUT2D eigenvalue weighted by atomic mass is 16.5. The first-order chi connectivity index (χ1) is 16.3. The van der Waals surface area contributed by atoms with Gasteiger partial charge in [-0.2, -0.15) is 0 Å². The monoisotopic (exact) mass is 420 g/mol. The molecule has 1 aliphatic rings. The zero-order chi connectivity index (χ0) is 21.8. The topological polar surface area (TPSA) is 9.23 Å². The minimum atomic E-state index is 0.912. The third-order valence-corrected chi connectivity index (χ3v) is 6.65. The molecule has 0 unspecified atom stereocenters. The molecule has 0 amide bonds. The number of benzene rings is 6. The van der Waals surface area contributed by atoms with Crippen LogP contribution in [-0.2, 0) is 0 Å². The highest BCUT2D eigenvalue weighted by Gasteiger charge is 2.20. The molecule has 0 radical (unpaired) electrons. The van der Waals surface area contributed by atoms with Crippen LogP contribution < -0.4 is 4.74 Å². The van der Waals surface area contributed by atoms with Crippen molar-refractivity contribution < 1.29 is 4.74 Å². The molecule has 0 fully saturated rings. The maximum atomic E-state index is 6.28. The smallest absolute Gasteiger partial charge is 0.135 e. The molecule has 0 atom stereocenters. The van der Waals surface area contributed by atoms with Crippen LogP contribution >= 0.6 is 0 Å². The van der Waals surface area contributed by atoms with Gasteiger partial charge in [0.05, 0.1) is 0 Å². The number of hydrogen-bond donors (Lipinski definition) is 0. The van der Waals surface area contributed by atoms with E-state index in [1.165, 1.54) is 49.4 Å². The molecule has 1 heterocycles. The van der Waals surface area contributed by atoms with Crippen LogP contribution in [0.1, 0.15) is 0 Å². The van der Waals surface area contributed by atoms with Gasteiger partial charge < -0.3 is 4.74 Å². The summed E-state index contributed by atoms with van der Waals surface area (Å²) in [5.41, 5.74) is 7.26.